The van der Waals surface area contributed by atoms with Gasteiger partial charge in [-0.25, -0.2) is 0 Å². The molecule has 2 aromatic carbocycles. The molecule has 2 aromatic rings. The van der Waals surface area contributed by atoms with Crippen molar-refractivity contribution in [3.05, 3.63) is 40.9 Å². The molecule has 0 fully saturated rings. The summed E-state index contributed by atoms with van der Waals surface area (Å²) in [5.41, 5.74) is 15.0. The van der Waals surface area contributed by atoms with Crippen LogP contribution in [-0.4, -0.2) is 12.2 Å². The maximum absolute atomic E-state index is 9.75. The Bertz CT molecular complexity index is 611. The standard InChI is InChI=1S/C14H16ClN3O/c1-8-7-11(13(17)12(15)14(8)19)18(2)10-5-3-9(16)4-6-10/h3-7,19H,16-17H2,1-2H3. The van der Waals surface area contributed by atoms with Crippen LogP contribution in [0, 0.1) is 6.92 Å². The van der Waals surface area contributed by atoms with Crippen LogP contribution in [0.1, 0.15) is 5.56 Å². The van der Waals surface area contributed by atoms with Gasteiger partial charge in [-0.05, 0) is 42.8 Å². The van der Waals surface area contributed by atoms with Gasteiger partial charge in [0, 0.05) is 18.4 Å². The van der Waals surface area contributed by atoms with E-state index in [1.807, 2.05) is 36.2 Å². The summed E-state index contributed by atoms with van der Waals surface area (Å²) < 4.78 is 0. The second kappa shape index (κ2) is 4.90. The summed E-state index contributed by atoms with van der Waals surface area (Å²) in [5, 5.41) is 9.93. The van der Waals surface area contributed by atoms with Crippen molar-refractivity contribution in [3.8, 4) is 5.75 Å². The van der Waals surface area contributed by atoms with Crippen molar-refractivity contribution in [2.45, 2.75) is 6.92 Å². The Morgan fingerprint density at radius 3 is 2.32 bits per heavy atom. The molecule has 0 heterocycles. The van der Waals surface area contributed by atoms with Crippen LogP contribution < -0.4 is 16.4 Å². The van der Waals surface area contributed by atoms with Crippen LogP contribution in [0.5, 0.6) is 5.75 Å². The Morgan fingerprint density at radius 2 is 1.74 bits per heavy atom. The highest BCUT2D eigenvalue weighted by atomic mass is 35.5. The number of halogens is 1. The summed E-state index contributed by atoms with van der Waals surface area (Å²) in [6, 6.07) is 9.22. The van der Waals surface area contributed by atoms with Crippen LogP contribution in [0.15, 0.2) is 30.3 Å². The summed E-state index contributed by atoms with van der Waals surface area (Å²) in [4.78, 5) is 1.90. The number of nitrogens with two attached hydrogens (primary N) is 2. The van der Waals surface area contributed by atoms with E-state index >= 15 is 0 Å². The Morgan fingerprint density at radius 1 is 1.16 bits per heavy atom. The molecule has 0 radical (unpaired) electrons. The van der Waals surface area contributed by atoms with Crippen LogP contribution in [0.2, 0.25) is 5.02 Å². The first-order valence-electron chi connectivity index (χ1n) is 5.78. The van der Waals surface area contributed by atoms with Crippen LogP contribution in [0.25, 0.3) is 0 Å². The number of phenolic OH excluding ortho intramolecular Hbond substituents is 1. The van der Waals surface area contributed by atoms with Gasteiger partial charge in [0.2, 0.25) is 0 Å². The van der Waals surface area contributed by atoms with E-state index in [4.69, 9.17) is 23.1 Å². The molecule has 0 saturated heterocycles. The van der Waals surface area contributed by atoms with E-state index in [2.05, 4.69) is 0 Å². The van der Waals surface area contributed by atoms with E-state index in [0.29, 0.717) is 16.9 Å². The molecule has 5 heteroatoms. The number of nitrogens with zero attached hydrogens (tertiary/aromatic N) is 1. The van der Waals surface area contributed by atoms with E-state index in [-0.39, 0.29) is 10.8 Å². The Labute approximate surface area is 117 Å². The number of rotatable bonds is 2. The third kappa shape index (κ3) is 2.39. The Kier molecular flexibility index (Phi) is 3.44. The number of phenols is 1. The number of aromatic hydroxyl groups is 1. The molecule has 100 valence electrons. The molecule has 0 aliphatic heterocycles. The average molecular weight is 278 g/mol. The smallest absolute Gasteiger partial charge is 0.139 e. The predicted molar refractivity (Wildman–Crippen MR) is 81.2 cm³/mol. The number of hydrogen-bond acceptors (Lipinski definition) is 4. The molecule has 0 aliphatic rings. The second-order valence-corrected chi connectivity index (χ2v) is 4.82. The SMILES string of the molecule is Cc1cc(N(C)c2ccc(N)cc2)c(N)c(Cl)c1O. The minimum atomic E-state index is 0.0219. The highest BCUT2D eigenvalue weighted by Crippen LogP contribution is 2.41. The van der Waals surface area contributed by atoms with E-state index in [1.54, 1.807) is 13.0 Å². The van der Waals surface area contributed by atoms with Crippen molar-refractivity contribution < 1.29 is 5.11 Å². The van der Waals surface area contributed by atoms with E-state index in [0.717, 1.165) is 11.4 Å². The van der Waals surface area contributed by atoms with Crippen molar-refractivity contribution in [2.75, 3.05) is 23.4 Å². The van der Waals surface area contributed by atoms with Crippen LogP contribution in [0.3, 0.4) is 0 Å². The van der Waals surface area contributed by atoms with Gasteiger partial charge in [0.05, 0.1) is 11.4 Å². The van der Waals surface area contributed by atoms with Gasteiger partial charge in [-0.3, -0.25) is 0 Å². The second-order valence-electron chi connectivity index (χ2n) is 4.44. The average Bonchev–Trinajstić information content (AvgIpc) is 2.40. The highest BCUT2D eigenvalue weighted by Gasteiger charge is 2.15. The third-order valence-corrected chi connectivity index (χ3v) is 3.47. The topological polar surface area (TPSA) is 75.5 Å². The molecule has 0 unspecified atom stereocenters. The van der Waals surface area contributed by atoms with Crippen molar-refractivity contribution >= 4 is 34.4 Å². The molecule has 0 amide bonds. The van der Waals surface area contributed by atoms with Gasteiger partial charge < -0.3 is 21.5 Å². The number of nitrogen functional groups attached to an aromatic ring is 2. The predicted octanol–water partition coefficient (Wildman–Crippen LogP) is 3.29. The summed E-state index contributed by atoms with van der Waals surface area (Å²) in [6.45, 7) is 1.78. The van der Waals surface area contributed by atoms with Gasteiger partial charge in [-0.15, -0.1) is 0 Å². The molecule has 0 bridgehead atoms. The zero-order valence-electron chi connectivity index (χ0n) is 10.8. The first-order chi connectivity index (χ1) is 8.91. The zero-order chi connectivity index (χ0) is 14.2. The van der Waals surface area contributed by atoms with Gasteiger partial charge in [-0.2, -0.15) is 0 Å². The number of aryl methyl sites for hydroxylation is 1. The fourth-order valence-electron chi connectivity index (χ4n) is 1.88. The quantitative estimate of drug-likeness (QED) is 0.736. The molecule has 2 rings (SSSR count). The Hall–Kier alpha value is -2.07. The molecule has 0 aromatic heterocycles. The fraction of sp³-hybridized carbons (Fsp3) is 0.143. The molecule has 4 nitrogen and oxygen atoms in total. The van der Waals surface area contributed by atoms with Crippen LogP contribution >= 0.6 is 11.6 Å². The van der Waals surface area contributed by atoms with Gasteiger partial charge in [-0.1, -0.05) is 11.6 Å². The molecule has 0 spiro atoms. The zero-order valence-corrected chi connectivity index (χ0v) is 11.6. The first kappa shape index (κ1) is 13.4. The summed E-state index contributed by atoms with van der Waals surface area (Å²) in [6.07, 6.45) is 0. The lowest BCUT2D eigenvalue weighted by atomic mass is 10.1. The minimum absolute atomic E-state index is 0.0219. The molecule has 0 aliphatic carbocycles. The summed E-state index contributed by atoms with van der Waals surface area (Å²) in [5.74, 6) is 0.0219. The normalized spacial score (nSPS) is 10.5. The van der Waals surface area contributed by atoms with Gasteiger partial charge >= 0.3 is 0 Å². The van der Waals surface area contributed by atoms with E-state index in [9.17, 15) is 5.11 Å². The maximum Gasteiger partial charge on any atom is 0.139 e. The molecule has 5 N–H and O–H groups in total. The third-order valence-electron chi connectivity index (χ3n) is 3.09. The monoisotopic (exact) mass is 277 g/mol. The highest BCUT2D eigenvalue weighted by molar-refractivity contribution is 6.35. The molecule has 0 saturated carbocycles. The Balaban J connectivity index is 2.50. The van der Waals surface area contributed by atoms with Gasteiger partial charge in [0.15, 0.2) is 0 Å². The van der Waals surface area contributed by atoms with E-state index < -0.39 is 0 Å². The van der Waals surface area contributed by atoms with Crippen molar-refractivity contribution in [2.24, 2.45) is 0 Å². The largest absolute Gasteiger partial charge is 0.506 e. The van der Waals surface area contributed by atoms with Gasteiger partial charge in [0.1, 0.15) is 10.8 Å². The lowest BCUT2D eigenvalue weighted by molar-refractivity contribution is 0.472. The van der Waals surface area contributed by atoms with Crippen molar-refractivity contribution in [3.63, 3.8) is 0 Å². The van der Waals surface area contributed by atoms with E-state index in [1.165, 1.54) is 0 Å². The molecule has 19 heavy (non-hydrogen) atoms. The lowest BCUT2D eigenvalue weighted by Gasteiger charge is -2.23. The number of hydrogen-bond donors (Lipinski definition) is 3. The van der Waals surface area contributed by atoms with Crippen molar-refractivity contribution in [1.29, 1.82) is 0 Å². The lowest BCUT2D eigenvalue weighted by Crippen LogP contribution is -2.12. The number of anilines is 4. The fourth-order valence-corrected chi connectivity index (χ4v) is 2.12. The molecular formula is C14H16ClN3O. The van der Waals surface area contributed by atoms with Crippen LogP contribution in [-0.2, 0) is 0 Å². The van der Waals surface area contributed by atoms with Crippen molar-refractivity contribution in [1.82, 2.24) is 0 Å². The van der Waals surface area contributed by atoms with Gasteiger partial charge in [0.25, 0.3) is 0 Å². The first-order valence-corrected chi connectivity index (χ1v) is 6.16. The maximum atomic E-state index is 9.75. The summed E-state index contributed by atoms with van der Waals surface area (Å²) in [7, 11) is 1.88. The molecule has 0 atom stereocenters. The molecular weight excluding hydrogens is 262 g/mol. The number of benzene rings is 2. The minimum Gasteiger partial charge on any atom is -0.506 e. The summed E-state index contributed by atoms with van der Waals surface area (Å²) >= 11 is 6.02. The van der Waals surface area contributed by atoms with Crippen LogP contribution in [0.4, 0.5) is 22.7 Å².